The number of amides is 3. The summed E-state index contributed by atoms with van der Waals surface area (Å²) in [6, 6.07) is 4.65. The minimum absolute atomic E-state index is 0.0829. The van der Waals surface area contributed by atoms with Crippen molar-refractivity contribution in [1.82, 2.24) is 15.4 Å². The van der Waals surface area contributed by atoms with E-state index in [1.165, 1.54) is 0 Å². The standard InChI is InChI=1S/C18H26N4O4/c1-2-3-7-13(12-16(23)21-26)18(25)22-11-6-8-14(22)17(24)20-15-9-4-5-10-19-15/h4-5,9-10,13-14,26H,2-3,6-8,11-12H2,1H3,(H,21,23)(H,19,20,24)/t13-,14+/m1/s1. The van der Waals surface area contributed by atoms with E-state index >= 15 is 0 Å². The lowest BCUT2D eigenvalue weighted by Crippen LogP contribution is -2.46. The number of hydroxylamine groups is 1. The maximum Gasteiger partial charge on any atom is 0.248 e. The molecular formula is C18H26N4O4. The molecule has 1 fully saturated rings. The fourth-order valence-corrected chi connectivity index (χ4v) is 3.22. The van der Waals surface area contributed by atoms with Crippen LogP contribution in [-0.2, 0) is 14.4 Å². The maximum absolute atomic E-state index is 12.9. The molecule has 0 unspecified atom stereocenters. The lowest BCUT2D eigenvalue weighted by molar-refractivity contribution is -0.143. The van der Waals surface area contributed by atoms with Crippen molar-refractivity contribution in [3.8, 4) is 0 Å². The second-order valence-corrected chi connectivity index (χ2v) is 6.47. The van der Waals surface area contributed by atoms with Crippen LogP contribution in [0, 0.1) is 5.92 Å². The van der Waals surface area contributed by atoms with E-state index in [2.05, 4.69) is 10.3 Å². The minimum atomic E-state index is -0.590. The van der Waals surface area contributed by atoms with E-state index in [4.69, 9.17) is 5.21 Å². The highest BCUT2D eigenvalue weighted by Crippen LogP contribution is 2.24. The average Bonchev–Trinajstić information content (AvgIpc) is 3.15. The summed E-state index contributed by atoms with van der Waals surface area (Å²) in [4.78, 5) is 42.7. The van der Waals surface area contributed by atoms with E-state index in [1.54, 1.807) is 34.8 Å². The summed E-state index contributed by atoms with van der Waals surface area (Å²) in [6.07, 6.45) is 5.06. The highest BCUT2D eigenvalue weighted by atomic mass is 16.5. The summed E-state index contributed by atoms with van der Waals surface area (Å²) in [5.74, 6) is -1.16. The highest BCUT2D eigenvalue weighted by Gasteiger charge is 2.37. The monoisotopic (exact) mass is 362 g/mol. The molecule has 0 spiro atoms. The van der Waals surface area contributed by atoms with Crippen LogP contribution in [0.15, 0.2) is 24.4 Å². The summed E-state index contributed by atoms with van der Waals surface area (Å²) < 4.78 is 0. The number of nitrogens with one attached hydrogen (secondary N) is 2. The second-order valence-electron chi connectivity index (χ2n) is 6.47. The van der Waals surface area contributed by atoms with Crippen molar-refractivity contribution in [3.63, 3.8) is 0 Å². The van der Waals surface area contributed by atoms with Crippen molar-refractivity contribution in [2.45, 2.75) is 51.5 Å². The van der Waals surface area contributed by atoms with E-state index in [0.717, 1.165) is 19.3 Å². The van der Waals surface area contributed by atoms with Gasteiger partial charge in [-0.2, -0.15) is 0 Å². The highest BCUT2D eigenvalue weighted by molar-refractivity contribution is 5.97. The van der Waals surface area contributed by atoms with Gasteiger partial charge in [0.25, 0.3) is 0 Å². The number of pyridine rings is 1. The Labute approximate surface area is 152 Å². The first-order valence-corrected chi connectivity index (χ1v) is 9.02. The van der Waals surface area contributed by atoms with Crippen LogP contribution < -0.4 is 10.8 Å². The van der Waals surface area contributed by atoms with Gasteiger partial charge in [0.15, 0.2) is 0 Å². The number of nitrogens with zero attached hydrogens (tertiary/aromatic N) is 2. The molecule has 1 aliphatic rings. The van der Waals surface area contributed by atoms with Gasteiger partial charge in [-0.1, -0.05) is 25.8 Å². The van der Waals surface area contributed by atoms with E-state index in [1.807, 2.05) is 6.92 Å². The molecule has 2 heterocycles. The summed E-state index contributed by atoms with van der Waals surface area (Å²) in [6.45, 7) is 2.50. The van der Waals surface area contributed by atoms with Crippen molar-refractivity contribution < 1.29 is 19.6 Å². The Kier molecular flexibility index (Phi) is 7.53. The number of anilines is 1. The summed E-state index contributed by atoms with van der Waals surface area (Å²) in [5.41, 5.74) is 1.59. The summed E-state index contributed by atoms with van der Waals surface area (Å²) in [5, 5.41) is 11.5. The van der Waals surface area contributed by atoms with Crippen LogP contribution in [0.5, 0.6) is 0 Å². The Morgan fingerprint density at radius 2 is 2.19 bits per heavy atom. The molecule has 3 N–H and O–H groups in total. The van der Waals surface area contributed by atoms with Gasteiger partial charge in [-0.05, 0) is 31.4 Å². The van der Waals surface area contributed by atoms with E-state index in [9.17, 15) is 14.4 Å². The topological polar surface area (TPSA) is 112 Å². The SMILES string of the molecule is CCCC[C@H](CC(=O)NO)C(=O)N1CCC[C@H]1C(=O)Nc1ccccn1. The Morgan fingerprint density at radius 1 is 1.38 bits per heavy atom. The van der Waals surface area contributed by atoms with Crippen LogP contribution in [0.3, 0.4) is 0 Å². The molecule has 8 heteroatoms. The number of likely N-dealkylation sites (tertiary alicyclic amines) is 1. The molecular weight excluding hydrogens is 336 g/mol. The fourth-order valence-electron chi connectivity index (χ4n) is 3.22. The molecule has 26 heavy (non-hydrogen) atoms. The molecule has 2 rings (SSSR count). The summed E-state index contributed by atoms with van der Waals surface area (Å²) >= 11 is 0. The number of unbranched alkanes of at least 4 members (excludes halogenated alkanes) is 1. The predicted octanol–water partition coefficient (Wildman–Crippen LogP) is 1.71. The van der Waals surface area contributed by atoms with Crippen LogP contribution in [-0.4, -0.2) is 45.4 Å². The molecule has 2 atom stereocenters. The molecule has 0 radical (unpaired) electrons. The second kappa shape index (κ2) is 9.86. The molecule has 0 saturated carbocycles. The molecule has 1 aliphatic heterocycles. The third-order valence-corrected chi connectivity index (χ3v) is 4.57. The first-order valence-electron chi connectivity index (χ1n) is 9.02. The molecule has 1 aromatic heterocycles. The Hall–Kier alpha value is -2.48. The zero-order valence-electron chi connectivity index (χ0n) is 15.0. The van der Waals surface area contributed by atoms with Crippen LogP contribution in [0.2, 0.25) is 0 Å². The van der Waals surface area contributed by atoms with Gasteiger partial charge in [0.05, 0.1) is 0 Å². The van der Waals surface area contributed by atoms with Gasteiger partial charge in [0.2, 0.25) is 17.7 Å². The van der Waals surface area contributed by atoms with Crippen molar-refractivity contribution in [2.75, 3.05) is 11.9 Å². The maximum atomic E-state index is 12.9. The Balaban J connectivity index is 2.06. The molecule has 0 aromatic carbocycles. The Bertz CT molecular complexity index is 623. The van der Waals surface area contributed by atoms with Crippen LogP contribution in [0.4, 0.5) is 5.82 Å². The Morgan fingerprint density at radius 3 is 2.85 bits per heavy atom. The zero-order chi connectivity index (χ0) is 18.9. The fraction of sp³-hybridized carbons (Fsp3) is 0.556. The third-order valence-electron chi connectivity index (χ3n) is 4.57. The van der Waals surface area contributed by atoms with Gasteiger partial charge in [0.1, 0.15) is 11.9 Å². The predicted molar refractivity (Wildman–Crippen MR) is 95.2 cm³/mol. The summed E-state index contributed by atoms with van der Waals surface area (Å²) in [7, 11) is 0. The van der Waals surface area contributed by atoms with Crippen molar-refractivity contribution in [3.05, 3.63) is 24.4 Å². The van der Waals surface area contributed by atoms with Gasteiger partial charge in [0, 0.05) is 25.1 Å². The van der Waals surface area contributed by atoms with E-state index in [0.29, 0.717) is 25.2 Å². The number of aromatic nitrogens is 1. The van der Waals surface area contributed by atoms with Gasteiger partial charge in [-0.25, -0.2) is 10.5 Å². The van der Waals surface area contributed by atoms with Crippen molar-refractivity contribution >= 4 is 23.5 Å². The quantitative estimate of drug-likeness (QED) is 0.481. The minimum Gasteiger partial charge on any atom is -0.330 e. The van der Waals surface area contributed by atoms with Crippen molar-refractivity contribution in [1.29, 1.82) is 0 Å². The van der Waals surface area contributed by atoms with E-state index < -0.39 is 17.9 Å². The van der Waals surface area contributed by atoms with Gasteiger partial charge < -0.3 is 10.2 Å². The first-order chi connectivity index (χ1) is 12.6. The van der Waals surface area contributed by atoms with Crippen LogP contribution in [0.25, 0.3) is 0 Å². The van der Waals surface area contributed by atoms with Gasteiger partial charge in [-0.3, -0.25) is 19.6 Å². The largest absolute Gasteiger partial charge is 0.330 e. The lowest BCUT2D eigenvalue weighted by Gasteiger charge is -2.28. The normalized spacial score (nSPS) is 17.6. The smallest absolute Gasteiger partial charge is 0.248 e. The number of hydrogen-bond donors (Lipinski definition) is 3. The molecule has 142 valence electrons. The number of rotatable bonds is 8. The first kappa shape index (κ1) is 19.8. The van der Waals surface area contributed by atoms with E-state index in [-0.39, 0.29) is 18.2 Å². The lowest BCUT2D eigenvalue weighted by atomic mass is 9.96. The molecule has 0 bridgehead atoms. The van der Waals surface area contributed by atoms with Gasteiger partial charge in [-0.15, -0.1) is 0 Å². The van der Waals surface area contributed by atoms with Crippen molar-refractivity contribution in [2.24, 2.45) is 5.92 Å². The third kappa shape index (κ3) is 5.26. The van der Waals surface area contributed by atoms with Crippen LogP contribution >= 0.6 is 0 Å². The molecule has 8 nitrogen and oxygen atoms in total. The number of hydrogen-bond acceptors (Lipinski definition) is 5. The molecule has 3 amide bonds. The number of carbonyl (C=O) groups is 3. The molecule has 0 aliphatic carbocycles. The van der Waals surface area contributed by atoms with Gasteiger partial charge >= 0.3 is 0 Å². The average molecular weight is 362 g/mol. The van der Waals surface area contributed by atoms with Crippen LogP contribution in [0.1, 0.15) is 45.4 Å². The molecule has 1 aromatic rings. The molecule has 1 saturated heterocycles. The zero-order valence-corrected chi connectivity index (χ0v) is 15.0. The number of carbonyl (C=O) groups excluding carboxylic acids is 3.